The van der Waals surface area contributed by atoms with Crippen molar-refractivity contribution in [3.05, 3.63) is 0 Å². The zero-order valence-electron chi connectivity index (χ0n) is 11.0. The summed E-state index contributed by atoms with van der Waals surface area (Å²) in [5.41, 5.74) is -0.532. The largest absolute Gasteiger partial charge is 0.389 e. The molecule has 0 aromatic heterocycles. The molecule has 2 nitrogen and oxygen atoms in total. The number of hydrogen-bond acceptors (Lipinski definition) is 2. The first kappa shape index (κ1) is 12.4. The minimum absolute atomic E-state index is 0.532. The Balaban J connectivity index is 1.74. The lowest BCUT2D eigenvalue weighted by Gasteiger charge is -2.30. The molecular weight excluding hydrogens is 198 g/mol. The van der Waals surface area contributed by atoms with Crippen LogP contribution in [0.2, 0.25) is 0 Å². The predicted molar refractivity (Wildman–Crippen MR) is 67.3 cm³/mol. The fraction of sp³-hybridized carbons (Fsp3) is 1.00. The van der Waals surface area contributed by atoms with E-state index in [0.717, 1.165) is 24.8 Å². The van der Waals surface area contributed by atoms with Gasteiger partial charge in [0.15, 0.2) is 0 Å². The topological polar surface area (TPSA) is 32.3 Å². The normalized spacial score (nSPS) is 36.9. The van der Waals surface area contributed by atoms with Crippen LogP contribution in [0.25, 0.3) is 0 Å². The van der Waals surface area contributed by atoms with Gasteiger partial charge in [-0.15, -0.1) is 0 Å². The molecule has 4 atom stereocenters. The fourth-order valence-corrected chi connectivity index (χ4v) is 3.80. The quantitative estimate of drug-likeness (QED) is 0.753. The second-order valence-electron chi connectivity index (χ2n) is 6.76. The van der Waals surface area contributed by atoms with Gasteiger partial charge in [0.25, 0.3) is 0 Å². The summed E-state index contributed by atoms with van der Waals surface area (Å²) < 4.78 is 0. The number of hydrogen-bond donors (Lipinski definition) is 2. The molecule has 2 N–H and O–H groups in total. The highest BCUT2D eigenvalue weighted by Gasteiger charge is 2.39. The summed E-state index contributed by atoms with van der Waals surface area (Å²) in [6, 6.07) is 0.692. The summed E-state index contributed by atoms with van der Waals surface area (Å²) in [4.78, 5) is 0. The monoisotopic (exact) mass is 225 g/mol. The van der Waals surface area contributed by atoms with Crippen molar-refractivity contribution in [3.8, 4) is 0 Å². The van der Waals surface area contributed by atoms with Crippen molar-refractivity contribution in [1.82, 2.24) is 5.32 Å². The van der Waals surface area contributed by atoms with Crippen molar-refractivity contribution < 1.29 is 5.11 Å². The third kappa shape index (κ3) is 2.98. The lowest BCUT2D eigenvalue weighted by Crippen LogP contribution is -2.45. The smallest absolute Gasteiger partial charge is 0.0746 e. The van der Waals surface area contributed by atoms with Crippen molar-refractivity contribution in [3.63, 3.8) is 0 Å². The molecule has 0 spiro atoms. The Bertz CT molecular complexity index is 237. The summed E-state index contributed by atoms with van der Waals surface area (Å²) in [5, 5.41) is 13.9. The van der Waals surface area contributed by atoms with Crippen LogP contribution in [-0.2, 0) is 0 Å². The number of fused-ring (bicyclic) bond motifs is 2. The molecule has 2 rings (SSSR count). The maximum Gasteiger partial charge on any atom is 0.0746 e. The SMILES string of the molecule is CC(C)CC(C)(O)CNC1CC2CCC1C2. The molecule has 2 aliphatic rings. The summed E-state index contributed by atoms with van der Waals surface area (Å²) in [5.74, 6) is 2.45. The van der Waals surface area contributed by atoms with E-state index in [4.69, 9.17) is 0 Å². The molecule has 0 heterocycles. The second kappa shape index (κ2) is 4.66. The van der Waals surface area contributed by atoms with Gasteiger partial charge in [0.1, 0.15) is 0 Å². The zero-order valence-corrected chi connectivity index (χ0v) is 11.0. The Hall–Kier alpha value is -0.0800. The van der Waals surface area contributed by atoms with E-state index in [9.17, 15) is 5.11 Å². The van der Waals surface area contributed by atoms with Crippen LogP contribution < -0.4 is 5.32 Å². The highest BCUT2D eigenvalue weighted by molar-refractivity contribution is 4.95. The molecule has 4 unspecified atom stereocenters. The first-order chi connectivity index (χ1) is 7.46. The van der Waals surface area contributed by atoms with Crippen LogP contribution in [0.3, 0.4) is 0 Å². The molecular formula is C14H27NO. The van der Waals surface area contributed by atoms with Gasteiger partial charge in [0.05, 0.1) is 5.60 Å². The van der Waals surface area contributed by atoms with E-state index in [0.29, 0.717) is 12.0 Å². The van der Waals surface area contributed by atoms with E-state index in [1.165, 1.54) is 25.7 Å². The highest BCUT2D eigenvalue weighted by atomic mass is 16.3. The number of nitrogens with one attached hydrogen (secondary N) is 1. The molecule has 2 saturated carbocycles. The van der Waals surface area contributed by atoms with Crippen LogP contribution >= 0.6 is 0 Å². The van der Waals surface area contributed by atoms with E-state index in [1.54, 1.807) is 0 Å². The van der Waals surface area contributed by atoms with Crippen LogP contribution in [0.4, 0.5) is 0 Å². The lowest BCUT2D eigenvalue weighted by molar-refractivity contribution is 0.0339. The van der Waals surface area contributed by atoms with Crippen molar-refractivity contribution in [1.29, 1.82) is 0 Å². The van der Waals surface area contributed by atoms with E-state index in [-0.39, 0.29) is 0 Å². The van der Waals surface area contributed by atoms with Crippen LogP contribution in [0.1, 0.15) is 52.9 Å². The lowest BCUT2D eigenvalue weighted by atomic mass is 9.91. The first-order valence-electron chi connectivity index (χ1n) is 6.92. The minimum Gasteiger partial charge on any atom is -0.389 e. The van der Waals surface area contributed by atoms with E-state index >= 15 is 0 Å². The van der Waals surface area contributed by atoms with Crippen molar-refractivity contribution >= 4 is 0 Å². The summed E-state index contributed by atoms with van der Waals surface area (Å²) in [6.07, 6.45) is 6.53. The fourth-order valence-electron chi connectivity index (χ4n) is 3.80. The summed E-state index contributed by atoms with van der Waals surface area (Å²) in [7, 11) is 0. The molecule has 0 aromatic carbocycles. The highest BCUT2D eigenvalue weighted by Crippen LogP contribution is 2.44. The average Bonchev–Trinajstić information content (AvgIpc) is 2.73. The van der Waals surface area contributed by atoms with Gasteiger partial charge in [-0.05, 0) is 50.4 Å². The number of aliphatic hydroxyl groups is 1. The maximum absolute atomic E-state index is 10.3. The predicted octanol–water partition coefficient (Wildman–Crippen LogP) is 2.56. The van der Waals surface area contributed by atoms with Gasteiger partial charge in [-0.25, -0.2) is 0 Å². The second-order valence-corrected chi connectivity index (χ2v) is 6.76. The van der Waals surface area contributed by atoms with E-state index in [2.05, 4.69) is 19.2 Å². The number of rotatable bonds is 5. The Labute approximate surface area is 99.8 Å². The molecule has 0 saturated heterocycles. The maximum atomic E-state index is 10.3. The molecule has 0 aromatic rings. The van der Waals surface area contributed by atoms with Crippen LogP contribution in [0, 0.1) is 17.8 Å². The molecule has 16 heavy (non-hydrogen) atoms. The summed E-state index contributed by atoms with van der Waals surface area (Å²) >= 11 is 0. The molecule has 2 bridgehead atoms. The Morgan fingerprint density at radius 1 is 1.31 bits per heavy atom. The molecule has 0 radical (unpaired) electrons. The third-order valence-electron chi connectivity index (χ3n) is 4.33. The average molecular weight is 225 g/mol. The van der Waals surface area contributed by atoms with Crippen molar-refractivity contribution in [2.24, 2.45) is 17.8 Å². The van der Waals surface area contributed by atoms with E-state index < -0.39 is 5.60 Å². The standard InChI is InChI=1S/C14H27NO/c1-10(2)8-14(3,16)9-15-13-7-11-4-5-12(13)6-11/h10-13,15-16H,4-9H2,1-3H3. The van der Waals surface area contributed by atoms with Crippen LogP contribution in [0.5, 0.6) is 0 Å². The Morgan fingerprint density at radius 2 is 2.06 bits per heavy atom. The molecule has 2 aliphatic carbocycles. The van der Waals surface area contributed by atoms with Gasteiger partial charge >= 0.3 is 0 Å². The van der Waals surface area contributed by atoms with Crippen molar-refractivity contribution in [2.45, 2.75) is 64.5 Å². The Morgan fingerprint density at radius 3 is 2.56 bits per heavy atom. The zero-order chi connectivity index (χ0) is 11.8. The molecule has 0 aliphatic heterocycles. The molecule has 94 valence electrons. The van der Waals surface area contributed by atoms with E-state index in [1.807, 2.05) is 6.92 Å². The molecule has 2 fully saturated rings. The molecule has 0 amide bonds. The van der Waals surface area contributed by atoms with Crippen LogP contribution in [-0.4, -0.2) is 23.3 Å². The van der Waals surface area contributed by atoms with Gasteiger partial charge in [-0.3, -0.25) is 0 Å². The summed E-state index contributed by atoms with van der Waals surface area (Å²) in [6.45, 7) is 7.07. The van der Waals surface area contributed by atoms with Gasteiger partial charge in [-0.2, -0.15) is 0 Å². The molecule has 2 heteroatoms. The minimum atomic E-state index is -0.532. The van der Waals surface area contributed by atoms with Gasteiger partial charge in [0, 0.05) is 12.6 Å². The van der Waals surface area contributed by atoms with Gasteiger partial charge in [-0.1, -0.05) is 20.3 Å². The van der Waals surface area contributed by atoms with Crippen LogP contribution in [0.15, 0.2) is 0 Å². The van der Waals surface area contributed by atoms with Gasteiger partial charge in [0.2, 0.25) is 0 Å². The third-order valence-corrected chi connectivity index (χ3v) is 4.33. The van der Waals surface area contributed by atoms with Gasteiger partial charge < -0.3 is 10.4 Å². The Kier molecular flexibility index (Phi) is 3.60. The van der Waals surface area contributed by atoms with Crippen molar-refractivity contribution in [2.75, 3.05) is 6.54 Å². The first-order valence-corrected chi connectivity index (χ1v) is 6.92.